The third-order valence-electron chi connectivity index (χ3n) is 1.58. The van der Waals surface area contributed by atoms with Crippen molar-refractivity contribution in [2.24, 2.45) is 4.40 Å². The Morgan fingerprint density at radius 3 is 2.42 bits per heavy atom. The number of isocyanates is 1. The quantitative estimate of drug-likeness (QED) is 0.397. The van der Waals surface area contributed by atoms with Crippen LogP contribution in [0.5, 0.6) is 0 Å². The van der Waals surface area contributed by atoms with Crippen LogP contribution in [0.1, 0.15) is 11.1 Å². The van der Waals surface area contributed by atoms with Crippen molar-refractivity contribution < 1.29 is 4.79 Å². The minimum atomic E-state index is 1.04. The normalized spacial score (nSPS) is 9.17. The van der Waals surface area contributed by atoms with Crippen LogP contribution in [-0.2, 0) is 4.79 Å². The Bertz CT molecular complexity index is 309. The fourth-order valence-electron chi connectivity index (χ4n) is 1.01. The Morgan fingerprint density at radius 2 is 1.92 bits per heavy atom. The zero-order valence-corrected chi connectivity index (χ0v) is 7.81. The lowest BCUT2D eigenvalue weighted by atomic mass is 10.2. The van der Waals surface area contributed by atoms with Crippen LogP contribution >= 0.6 is 11.9 Å². The van der Waals surface area contributed by atoms with Gasteiger partial charge in [0.15, 0.2) is 0 Å². The van der Waals surface area contributed by atoms with Gasteiger partial charge in [-0.15, -0.1) is 4.40 Å². The molecular weight excluding hydrogens is 170 g/mol. The van der Waals surface area contributed by atoms with Crippen LogP contribution in [0.4, 0.5) is 0 Å². The summed E-state index contributed by atoms with van der Waals surface area (Å²) in [6, 6.07) is 5.98. The Hall–Kier alpha value is -1.05. The van der Waals surface area contributed by atoms with Gasteiger partial charge in [0.2, 0.25) is 6.08 Å². The van der Waals surface area contributed by atoms with Crippen LogP contribution < -0.4 is 0 Å². The summed E-state index contributed by atoms with van der Waals surface area (Å²) in [6.07, 6.45) is 1.51. The predicted molar refractivity (Wildman–Crippen MR) is 49.9 cm³/mol. The highest BCUT2D eigenvalue weighted by Gasteiger charge is 2.00. The maximum absolute atomic E-state index is 9.89. The van der Waals surface area contributed by atoms with Crippen LogP contribution in [-0.4, -0.2) is 6.08 Å². The van der Waals surface area contributed by atoms with E-state index in [1.54, 1.807) is 0 Å². The van der Waals surface area contributed by atoms with E-state index in [9.17, 15) is 4.79 Å². The molecule has 0 radical (unpaired) electrons. The smallest absolute Gasteiger partial charge is 0.210 e. The van der Waals surface area contributed by atoms with Crippen molar-refractivity contribution in [3.63, 3.8) is 0 Å². The first-order valence-corrected chi connectivity index (χ1v) is 4.33. The summed E-state index contributed by atoms with van der Waals surface area (Å²) in [5.41, 5.74) is 2.28. The average molecular weight is 179 g/mol. The van der Waals surface area contributed by atoms with E-state index >= 15 is 0 Å². The van der Waals surface area contributed by atoms with Gasteiger partial charge in [-0.1, -0.05) is 18.2 Å². The molecule has 1 aromatic rings. The molecule has 0 saturated carbocycles. The Kier molecular flexibility index (Phi) is 3.09. The lowest BCUT2D eigenvalue weighted by Crippen LogP contribution is -1.81. The molecule has 0 aromatic heterocycles. The van der Waals surface area contributed by atoms with E-state index < -0.39 is 0 Å². The van der Waals surface area contributed by atoms with Crippen molar-refractivity contribution >= 4 is 18.0 Å². The molecule has 0 atom stereocenters. The molecule has 0 N–H and O–H groups in total. The summed E-state index contributed by atoms with van der Waals surface area (Å²) in [6.45, 7) is 3.99. The highest BCUT2D eigenvalue weighted by Crippen LogP contribution is 2.26. The second-order valence-electron chi connectivity index (χ2n) is 2.49. The van der Waals surface area contributed by atoms with Crippen LogP contribution in [0.2, 0.25) is 0 Å². The molecule has 0 fully saturated rings. The number of benzene rings is 1. The molecule has 1 aromatic carbocycles. The Balaban J connectivity index is 3.03. The lowest BCUT2D eigenvalue weighted by molar-refractivity contribution is 0.566. The summed E-state index contributed by atoms with van der Waals surface area (Å²) in [7, 11) is 0. The number of aryl methyl sites for hydroxylation is 2. The van der Waals surface area contributed by atoms with Gasteiger partial charge in [-0.25, -0.2) is 4.79 Å². The molecule has 0 aliphatic heterocycles. The molecule has 1 rings (SSSR count). The SMILES string of the molecule is Cc1cccc(C)c1SN=C=O. The standard InChI is InChI=1S/C9H9NOS/c1-7-4-3-5-8(2)9(7)12-10-6-11/h3-5H,1-2H3. The van der Waals surface area contributed by atoms with Gasteiger partial charge >= 0.3 is 0 Å². The van der Waals surface area contributed by atoms with Gasteiger partial charge in [0, 0.05) is 16.8 Å². The summed E-state index contributed by atoms with van der Waals surface area (Å²) >= 11 is 1.18. The maximum Gasteiger partial charge on any atom is 0.247 e. The predicted octanol–water partition coefficient (Wildman–Crippen LogP) is 2.65. The third kappa shape index (κ3) is 1.97. The number of nitrogens with zero attached hydrogens (tertiary/aromatic N) is 1. The van der Waals surface area contributed by atoms with Gasteiger partial charge < -0.3 is 0 Å². The van der Waals surface area contributed by atoms with E-state index in [1.807, 2.05) is 32.0 Å². The van der Waals surface area contributed by atoms with E-state index in [1.165, 1.54) is 18.0 Å². The number of hydrogen-bond donors (Lipinski definition) is 0. The van der Waals surface area contributed by atoms with Gasteiger partial charge in [0.1, 0.15) is 0 Å². The van der Waals surface area contributed by atoms with E-state index in [4.69, 9.17) is 0 Å². The van der Waals surface area contributed by atoms with Gasteiger partial charge in [0.25, 0.3) is 0 Å². The van der Waals surface area contributed by atoms with E-state index in [0.29, 0.717) is 0 Å². The molecule has 62 valence electrons. The van der Waals surface area contributed by atoms with Gasteiger partial charge in [-0.3, -0.25) is 0 Å². The van der Waals surface area contributed by atoms with Gasteiger partial charge in [-0.2, -0.15) is 0 Å². The fourth-order valence-corrected chi connectivity index (χ4v) is 1.56. The zero-order valence-electron chi connectivity index (χ0n) is 7.00. The van der Waals surface area contributed by atoms with Gasteiger partial charge in [-0.05, 0) is 25.0 Å². The van der Waals surface area contributed by atoms with Gasteiger partial charge in [0.05, 0.1) is 0 Å². The number of hydrogen-bond acceptors (Lipinski definition) is 3. The second-order valence-corrected chi connectivity index (χ2v) is 3.27. The first-order chi connectivity index (χ1) is 5.75. The van der Waals surface area contributed by atoms with Crippen LogP contribution in [0, 0.1) is 13.8 Å². The largest absolute Gasteiger partial charge is 0.247 e. The molecule has 0 saturated heterocycles. The second kappa shape index (κ2) is 4.10. The summed E-state index contributed by atoms with van der Waals surface area (Å²) in [5, 5.41) is 0. The molecule has 0 heterocycles. The third-order valence-corrected chi connectivity index (χ3v) is 2.58. The van der Waals surface area contributed by atoms with E-state index in [0.717, 1.165) is 16.0 Å². The maximum atomic E-state index is 9.89. The molecule has 12 heavy (non-hydrogen) atoms. The van der Waals surface area contributed by atoms with E-state index in [-0.39, 0.29) is 0 Å². The van der Waals surface area contributed by atoms with Crippen molar-refractivity contribution in [2.75, 3.05) is 0 Å². The molecule has 0 spiro atoms. The topological polar surface area (TPSA) is 29.4 Å². The molecule has 0 unspecified atom stereocenters. The van der Waals surface area contributed by atoms with E-state index in [2.05, 4.69) is 4.40 Å². The number of carbonyl (C=O) groups excluding carboxylic acids is 1. The summed E-state index contributed by atoms with van der Waals surface area (Å²) < 4.78 is 3.47. The van der Waals surface area contributed by atoms with Crippen molar-refractivity contribution in [3.05, 3.63) is 29.3 Å². The van der Waals surface area contributed by atoms with Crippen LogP contribution in [0.15, 0.2) is 27.5 Å². The summed E-state index contributed by atoms with van der Waals surface area (Å²) in [4.78, 5) is 10.9. The monoisotopic (exact) mass is 179 g/mol. The summed E-state index contributed by atoms with van der Waals surface area (Å²) in [5.74, 6) is 0. The zero-order chi connectivity index (χ0) is 8.97. The molecule has 0 amide bonds. The fraction of sp³-hybridized carbons (Fsp3) is 0.222. The minimum Gasteiger partial charge on any atom is -0.210 e. The first kappa shape index (κ1) is 9.04. The molecule has 2 nitrogen and oxygen atoms in total. The van der Waals surface area contributed by atoms with Crippen molar-refractivity contribution in [1.82, 2.24) is 0 Å². The molecular formula is C9H9NOS. The average Bonchev–Trinajstić information content (AvgIpc) is 2.04. The highest BCUT2D eigenvalue weighted by molar-refractivity contribution is 7.98. The van der Waals surface area contributed by atoms with Crippen LogP contribution in [0.3, 0.4) is 0 Å². The molecule has 0 bridgehead atoms. The first-order valence-electron chi connectivity index (χ1n) is 3.56. The van der Waals surface area contributed by atoms with Crippen molar-refractivity contribution in [3.8, 4) is 0 Å². The minimum absolute atomic E-state index is 1.04. The highest BCUT2D eigenvalue weighted by atomic mass is 32.2. The Morgan fingerprint density at radius 1 is 1.33 bits per heavy atom. The molecule has 3 heteroatoms. The Labute approximate surface area is 75.8 Å². The van der Waals surface area contributed by atoms with Crippen molar-refractivity contribution in [1.29, 1.82) is 0 Å². The molecule has 0 aliphatic rings. The lowest BCUT2D eigenvalue weighted by Gasteiger charge is -2.03. The molecule has 0 aliphatic carbocycles. The van der Waals surface area contributed by atoms with Crippen LogP contribution in [0.25, 0.3) is 0 Å². The van der Waals surface area contributed by atoms with Crippen molar-refractivity contribution in [2.45, 2.75) is 18.7 Å². The number of rotatable bonds is 2.